The van der Waals surface area contributed by atoms with Gasteiger partial charge in [0, 0.05) is 24.0 Å². The standard InChI is InChI=1S/C22H21F6N5O/c1-12(2)18(11-34)32-20-31-17(13-4-3-7-29-10-13)9-19(33-20)30-16-6-5-14(21(23,24)25)8-15(16)22(26,27)28/h3-10,12,18,34H,11H2,1-2H3,(H2,30,31,32,33)/t18-/m1/s1. The van der Waals surface area contributed by atoms with Gasteiger partial charge in [-0.05, 0) is 36.2 Å². The third-order valence-corrected chi connectivity index (χ3v) is 4.91. The number of alkyl halides is 6. The van der Waals surface area contributed by atoms with Crippen LogP contribution in [0.3, 0.4) is 0 Å². The lowest BCUT2D eigenvalue weighted by Gasteiger charge is -2.21. The van der Waals surface area contributed by atoms with Crippen molar-refractivity contribution < 1.29 is 31.4 Å². The summed E-state index contributed by atoms with van der Waals surface area (Å²) in [6, 6.07) is 5.52. The Bertz CT molecular complexity index is 1120. The molecule has 0 spiro atoms. The van der Waals surface area contributed by atoms with Crippen LogP contribution in [-0.2, 0) is 12.4 Å². The summed E-state index contributed by atoms with van der Waals surface area (Å²) in [5.41, 5.74) is -2.69. The molecule has 182 valence electrons. The van der Waals surface area contributed by atoms with Crippen molar-refractivity contribution in [1.82, 2.24) is 15.0 Å². The first-order valence-corrected chi connectivity index (χ1v) is 10.1. The summed E-state index contributed by atoms with van der Waals surface area (Å²) in [6.45, 7) is 3.43. The Hall–Kier alpha value is -3.41. The van der Waals surface area contributed by atoms with Gasteiger partial charge in [-0.2, -0.15) is 31.3 Å². The summed E-state index contributed by atoms with van der Waals surface area (Å²) in [5.74, 6) is -0.113. The number of aliphatic hydroxyl groups is 1. The smallest absolute Gasteiger partial charge is 0.394 e. The van der Waals surface area contributed by atoms with E-state index in [1.54, 1.807) is 12.1 Å². The monoisotopic (exact) mass is 485 g/mol. The molecule has 34 heavy (non-hydrogen) atoms. The predicted octanol–water partition coefficient (Wildman–Crippen LogP) is 5.75. The highest BCUT2D eigenvalue weighted by Gasteiger charge is 2.38. The van der Waals surface area contributed by atoms with Crippen LogP contribution in [0.25, 0.3) is 11.3 Å². The Kier molecular flexibility index (Phi) is 7.29. The van der Waals surface area contributed by atoms with Crippen LogP contribution in [0, 0.1) is 5.92 Å². The van der Waals surface area contributed by atoms with E-state index < -0.39 is 35.2 Å². The molecule has 0 saturated heterocycles. The van der Waals surface area contributed by atoms with E-state index in [2.05, 4.69) is 25.6 Å². The fraction of sp³-hybridized carbons (Fsp3) is 0.318. The van der Waals surface area contributed by atoms with Crippen LogP contribution in [-0.4, -0.2) is 32.7 Å². The average molecular weight is 485 g/mol. The van der Waals surface area contributed by atoms with Crippen molar-refractivity contribution in [3.05, 3.63) is 59.9 Å². The quantitative estimate of drug-likeness (QED) is 0.370. The van der Waals surface area contributed by atoms with Crippen molar-refractivity contribution in [2.75, 3.05) is 17.2 Å². The van der Waals surface area contributed by atoms with Crippen LogP contribution in [0.1, 0.15) is 25.0 Å². The van der Waals surface area contributed by atoms with E-state index in [-0.39, 0.29) is 30.4 Å². The van der Waals surface area contributed by atoms with Gasteiger partial charge in [-0.15, -0.1) is 0 Å². The molecule has 0 fully saturated rings. The Morgan fingerprint density at radius 1 is 0.971 bits per heavy atom. The van der Waals surface area contributed by atoms with Crippen LogP contribution < -0.4 is 10.6 Å². The van der Waals surface area contributed by atoms with Gasteiger partial charge in [0.25, 0.3) is 0 Å². The van der Waals surface area contributed by atoms with Crippen LogP contribution in [0.4, 0.5) is 43.8 Å². The molecule has 12 heteroatoms. The number of anilines is 3. The molecule has 3 rings (SSSR count). The van der Waals surface area contributed by atoms with E-state index in [0.29, 0.717) is 23.4 Å². The van der Waals surface area contributed by atoms with Crippen molar-refractivity contribution in [2.45, 2.75) is 32.2 Å². The lowest BCUT2D eigenvalue weighted by Crippen LogP contribution is -2.30. The summed E-state index contributed by atoms with van der Waals surface area (Å²) in [6.07, 6.45) is -6.97. The zero-order valence-electron chi connectivity index (χ0n) is 18.0. The van der Waals surface area contributed by atoms with Crippen LogP contribution in [0.15, 0.2) is 48.8 Å². The van der Waals surface area contributed by atoms with Crippen molar-refractivity contribution in [3.63, 3.8) is 0 Å². The second-order valence-corrected chi connectivity index (χ2v) is 7.76. The molecule has 0 saturated carbocycles. The third-order valence-electron chi connectivity index (χ3n) is 4.91. The number of nitrogens with zero attached hydrogens (tertiary/aromatic N) is 3. The highest BCUT2D eigenvalue weighted by Crippen LogP contribution is 2.40. The number of aromatic nitrogens is 3. The summed E-state index contributed by atoms with van der Waals surface area (Å²) in [7, 11) is 0. The van der Waals surface area contributed by atoms with Crippen molar-refractivity contribution in [2.24, 2.45) is 5.92 Å². The molecule has 2 aromatic heterocycles. The van der Waals surface area contributed by atoms with E-state index >= 15 is 0 Å². The lowest BCUT2D eigenvalue weighted by atomic mass is 10.1. The van der Waals surface area contributed by atoms with Crippen LogP contribution >= 0.6 is 0 Å². The van der Waals surface area contributed by atoms with Crippen molar-refractivity contribution in [1.29, 1.82) is 0 Å². The van der Waals surface area contributed by atoms with E-state index in [0.717, 1.165) is 0 Å². The van der Waals surface area contributed by atoms with Gasteiger partial charge in [0.1, 0.15) is 5.82 Å². The first kappa shape index (κ1) is 25.2. The second kappa shape index (κ2) is 9.84. The Morgan fingerprint density at radius 3 is 2.26 bits per heavy atom. The molecule has 0 amide bonds. The highest BCUT2D eigenvalue weighted by atomic mass is 19.4. The van der Waals surface area contributed by atoms with E-state index in [4.69, 9.17) is 0 Å². The maximum absolute atomic E-state index is 13.6. The number of rotatable bonds is 7. The van der Waals surface area contributed by atoms with Crippen molar-refractivity contribution >= 4 is 17.5 Å². The Balaban J connectivity index is 2.08. The SMILES string of the molecule is CC(C)[C@@H](CO)Nc1nc(Nc2ccc(C(F)(F)F)cc2C(F)(F)F)cc(-c2cccnc2)n1. The number of pyridine rings is 1. The number of nitrogens with one attached hydrogen (secondary N) is 2. The van der Waals surface area contributed by atoms with Crippen LogP contribution in [0.2, 0.25) is 0 Å². The minimum atomic E-state index is -5.05. The molecule has 3 aromatic rings. The van der Waals surface area contributed by atoms with Gasteiger partial charge < -0.3 is 15.7 Å². The molecule has 0 aliphatic heterocycles. The molecule has 0 aliphatic carbocycles. The lowest BCUT2D eigenvalue weighted by molar-refractivity contribution is -0.142. The maximum atomic E-state index is 13.6. The number of aliphatic hydroxyl groups excluding tert-OH is 1. The normalized spacial score (nSPS) is 13.1. The minimum absolute atomic E-state index is 0.0112. The number of hydrogen-bond donors (Lipinski definition) is 3. The van der Waals surface area contributed by atoms with Crippen molar-refractivity contribution in [3.8, 4) is 11.3 Å². The van der Waals surface area contributed by atoms with E-state index in [1.165, 1.54) is 18.5 Å². The van der Waals surface area contributed by atoms with Gasteiger partial charge in [-0.1, -0.05) is 13.8 Å². The first-order chi connectivity index (χ1) is 15.9. The molecule has 0 unspecified atom stereocenters. The Morgan fingerprint density at radius 2 is 1.71 bits per heavy atom. The van der Waals surface area contributed by atoms with Gasteiger partial charge >= 0.3 is 12.4 Å². The number of benzene rings is 1. The van der Waals surface area contributed by atoms with Gasteiger partial charge in [-0.25, -0.2) is 4.98 Å². The molecule has 3 N–H and O–H groups in total. The summed E-state index contributed by atoms with van der Waals surface area (Å²) in [5, 5.41) is 15.0. The minimum Gasteiger partial charge on any atom is -0.394 e. The molecular weight excluding hydrogens is 464 g/mol. The maximum Gasteiger partial charge on any atom is 0.418 e. The van der Waals surface area contributed by atoms with Gasteiger partial charge in [-0.3, -0.25) is 4.98 Å². The molecule has 6 nitrogen and oxygen atoms in total. The molecule has 1 aromatic carbocycles. The molecule has 1 atom stereocenters. The predicted molar refractivity (Wildman–Crippen MR) is 114 cm³/mol. The van der Waals surface area contributed by atoms with E-state index in [1.807, 2.05) is 13.8 Å². The summed E-state index contributed by atoms with van der Waals surface area (Å²) < 4.78 is 79.6. The highest BCUT2D eigenvalue weighted by molar-refractivity contribution is 5.69. The summed E-state index contributed by atoms with van der Waals surface area (Å²) in [4.78, 5) is 12.5. The molecule has 0 bridgehead atoms. The molecule has 2 heterocycles. The largest absolute Gasteiger partial charge is 0.418 e. The summed E-state index contributed by atoms with van der Waals surface area (Å²) >= 11 is 0. The van der Waals surface area contributed by atoms with E-state index in [9.17, 15) is 31.4 Å². The fourth-order valence-electron chi connectivity index (χ4n) is 3.03. The Labute approximate surface area is 191 Å². The fourth-order valence-corrected chi connectivity index (χ4v) is 3.03. The first-order valence-electron chi connectivity index (χ1n) is 10.1. The van der Waals surface area contributed by atoms with Gasteiger partial charge in [0.2, 0.25) is 5.95 Å². The molecule has 0 aliphatic rings. The number of halogens is 6. The zero-order valence-corrected chi connectivity index (χ0v) is 18.0. The topological polar surface area (TPSA) is 83.0 Å². The van der Waals surface area contributed by atoms with Gasteiger partial charge in [0.15, 0.2) is 0 Å². The van der Waals surface area contributed by atoms with Gasteiger partial charge in [0.05, 0.1) is 35.2 Å². The second-order valence-electron chi connectivity index (χ2n) is 7.76. The van der Waals surface area contributed by atoms with Crippen LogP contribution in [0.5, 0.6) is 0 Å². The molecule has 0 radical (unpaired) electrons. The number of hydrogen-bond acceptors (Lipinski definition) is 6. The zero-order chi connectivity index (χ0) is 25.1. The molecular formula is C22H21F6N5O. The third kappa shape index (κ3) is 6.13. The average Bonchev–Trinajstić information content (AvgIpc) is 2.76.